The van der Waals surface area contributed by atoms with E-state index >= 15 is 0 Å². The van der Waals surface area contributed by atoms with Crippen LogP contribution in [0, 0.1) is 6.92 Å². The molecule has 1 heterocycles. The second-order valence-electron chi connectivity index (χ2n) is 6.95. The van der Waals surface area contributed by atoms with Crippen LogP contribution in [0.15, 0.2) is 45.8 Å². The van der Waals surface area contributed by atoms with Crippen LogP contribution >= 0.6 is 15.9 Å². The summed E-state index contributed by atoms with van der Waals surface area (Å²) in [5.41, 5.74) is 3.82. The van der Waals surface area contributed by atoms with Crippen LogP contribution in [0.1, 0.15) is 24.7 Å². The fraction of sp³-hybridized carbons (Fsp3) is 0.350. The number of hydrogen-bond acceptors (Lipinski definition) is 4. The third-order valence-corrected chi connectivity index (χ3v) is 7.05. The molecule has 1 aromatic heterocycles. The molecule has 150 valence electrons. The zero-order valence-electron chi connectivity index (χ0n) is 16.5. The summed E-state index contributed by atoms with van der Waals surface area (Å²) in [6.45, 7) is 5.54. The molecule has 0 unspecified atom stereocenters. The van der Waals surface area contributed by atoms with E-state index in [-0.39, 0.29) is 4.90 Å². The summed E-state index contributed by atoms with van der Waals surface area (Å²) in [5, 5.41) is 3.42. The zero-order chi connectivity index (χ0) is 20.5. The summed E-state index contributed by atoms with van der Waals surface area (Å²) in [5.74, 6) is 0.878. The molecule has 0 saturated heterocycles. The van der Waals surface area contributed by atoms with E-state index in [2.05, 4.69) is 51.8 Å². The van der Waals surface area contributed by atoms with Crippen LogP contribution < -0.4 is 5.32 Å². The largest absolute Gasteiger partial charge is 0.377 e. The molecular weight excluding hydrogens is 440 g/mol. The molecule has 0 aliphatic heterocycles. The van der Waals surface area contributed by atoms with Crippen molar-refractivity contribution in [3.63, 3.8) is 0 Å². The van der Waals surface area contributed by atoms with Crippen molar-refractivity contribution in [3.8, 4) is 0 Å². The van der Waals surface area contributed by atoms with Crippen molar-refractivity contribution in [2.75, 3.05) is 19.4 Å². The molecule has 3 rings (SSSR count). The number of nitrogens with zero attached hydrogens (tertiary/aromatic N) is 3. The van der Waals surface area contributed by atoms with E-state index in [1.807, 2.05) is 12.1 Å². The number of hydrogen-bond donors (Lipinski definition) is 1. The lowest BCUT2D eigenvalue weighted by Gasteiger charge is -2.12. The van der Waals surface area contributed by atoms with Crippen LogP contribution in [0.5, 0.6) is 0 Å². The average molecular weight is 465 g/mol. The number of aryl methyl sites for hydroxylation is 2. The van der Waals surface area contributed by atoms with Crippen LogP contribution in [0.2, 0.25) is 0 Å². The van der Waals surface area contributed by atoms with Crippen molar-refractivity contribution >= 4 is 42.7 Å². The van der Waals surface area contributed by atoms with Crippen molar-refractivity contribution in [2.24, 2.45) is 0 Å². The van der Waals surface area contributed by atoms with Crippen LogP contribution in [-0.4, -0.2) is 36.4 Å². The van der Waals surface area contributed by atoms with E-state index in [9.17, 15) is 8.42 Å². The van der Waals surface area contributed by atoms with Crippen molar-refractivity contribution < 1.29 is 8.42 Å². The Bertz CT molecular complexity index is 1110. The Morgan fingerprint density at radius 2 is 1.93 bits per heavy atom. The number of aromatic nitrogens is 2. The van der Waals surface area contributed by atoms with Gasteiger partial charge in [0.2, 0.25) is 10.0 Å². The number of halogens is 1. The highest BCUT2D eigenvalue weighted by Crippen LogP contribution is 2.26. The van der Waals surface area contributed by atoms with E-state index < -0.39 is 10.0 Å². The molecule has 0 amide bonds. The molecule has 0 radical (unpaired) electrons. The van der Waals surface area contributed by atoms with Gasteiger partial charge in [0.15, 0.2) is 0 Å². The maximum atomic E-state index is 12.4. The van der Waals surface area contributed by atoms with Crippen molar-refractivity contribution in [3.05, 3.63) is 52.3 Å². The first-order chi connectivity index (χ1) is 13.2. The van der Waals surface area contributed by atoms with E-state index in [1.54, 1.807) is 12.1 Å². The van der Waals surface area contributed by atoms with Gasteiger partial charge < -0.3 is 9.88 Å². The summed E-state index contributed by atoms with van der Waals surface area (Å²) in [7, 11) is -0.423. The Kier molecular flexibility index (Phi) is 6.12. The lowest BCUT2D eigenvalue weighted by molar-refractivity contribution is 0.521. The first-order valence-corrected chi connectivity index (χ1v) is 11.4. The number of nitrogens with one attached hydrogen (secondary N) is 1. The lowest BCUT2D eigenvalue weighted by Crippen LogP contribution is -2.22. The monoisotopic (exact) mass is 464 g/mol. The molecule has 0 saturated carbocycles. The number of fused-ring (bicyclic) bond motifs is 1. The van der Waals surface area contributed by atoms with E-state index in [1.165, 1.54) is 24.0 Å². The summed E-state index contributed by atoms with van der Waals surface area (Å²) < 4.78 is 29.3. The lowest BCUT2D eigenvalue weighted by atomic mass is 10.2. The van der Waals surface area contributed by atoms with Gasteiger partial charge in [-0.15, -0.1) is 0 Å². The second-order valence-corrected chi connectivity index (χ2v) is 9.96. The van der Waals surface area contributed by atoms with E-state index in [4.69, 9.17) is 4.98 Å². The van der Waals surface area contributed by atoms with Gasteiger partial charge in [0, 0.05) is 30.8 Å². The Morgan fingerprint density at radius 1 is 1.18 bits per heavy atom. The Morgan fingerprint density at radius 3 is 2.57 bits per heavy atom. The van der Waals surface area contributed by atoms with Gasteiger partial charge in [0.25, 0.3) is 0 Å². The van der Waals surface area contributed by atoms with Crippen molar-refractivity contribution in [2.45, 2.75) is 38.3 Å². The first-order valence-electron chi connectivity index (χ1n) is 9.15. The molecule has 0 aliphatic rings. The SMILES string of the molecule is CCCn1c(CNc2ccc(C)cc2Br)nc2cc(S(=O)(=O)N(C)C)ccc21. The van der Waals surface area contributed by atoms with Gasteiger partial charge in [-0.2, -0.15) is 0 Å². The highest BCUT2D eigenvalue weighted by molar-refractivity contribution is 9.10. The van der Waals surface area contributed by atoms with Gasteiger partial charge in [-0.05, 0) is 65.2 Å². The standard InChI is InChI=1S/C20H25BrN4O2S/c1-5-10-25-19-9-7-15(28(26,27)24(3)4)12-18(19)23-20(25)13-22-17-8-6-14(2)11-16(17)21/h6-9,11-12,22H,5,10,13H2,1-4H3. The maximum Gasteiger partial charge on any atom is 0.242 e. The van der Waals surface area contributed by atoms with Gasteiger partial charge in [0.1, 0.15) is 5.82 Å². The smallest absolute Gasteiger partial charge is 0.242 e. The van der Waals surface area contributed by atoms with E-state index in [0.29, 0.717) is 12.1 Å². The van der Waals surface area contributed by atoms with Crippen LogP contribution in [-0.2, 0) is 23.1 Å². The summed E-state index contributed by atoms with van der Waals surface area (Å²) >= 11 is 3.59. The van der Waals surface area contributed by atoms with Crippen LogP contribution in [0.25, 0.3) is 11.0 Å². The molecule has 8 heteroatoms. The number of rotatable bonds is 7. The van der Waals surface area contributed by atoms with Gasteiger partial charge >= 0.3 is 0 Å². The molecule has 3 aromatic rings. The molecule has 28 heavy (non-hydrogen) atoms. The van der Waals surface area contributed by atoms with Gasteiger partial charge in [-0.1, -0.05) is 13.0 Å². The minimum atomic E-state index is -3.49. The fourth-order valence-electron chi connectivity index (χ4n) is 3.08. The average Bonchev–Trinajstić information content (AvgIpc) is 2.98. The van der Waals surface area contributed by atoms with Crippen LogP contribution in [0.4, 0.5) is 5.69 Å². The first kappa shape index (κ1) is 20.8. The Hall–Kier alpha value is -1.90. The van der Waals surface area contributed by atoms with Crippen molar-refractivity contribution in [1.82, 2.24) is 13.9 Å². The molecule has 0 bridgehead atoms. The van der Waals surface area contributed by atoms with Gasteiger partial charge in [-0.25, -0.2) is 17.7 Å². The van der Waals surface area contributed by atoms with E-state index in [0.717, 1.165) is 34.5 Å². The third-order valence-electron chi connectivity index (χ3n) is 4.59. The molecule has 0 spiro atoms. The number of sulfonamides is 1. The number of imidazole rings is 1. The molecule has 0 atom stereocenters. The highest BCUT2D eigenvalue weighted by Gasteiger charge is 2.19. The zero-order valence-corrected chi connectivity index (χ0v) is 18.9. The molecule has 0 aliphatic carbocycles. The van der Waals surface area contributed by atoms with Gasteiger partial charge in [0.05, 0.1) is 22.5 Å². The molecule has 6 nitrogen and oxygen atoms in total. The van der Waals surface area contributed by atoms with Crippen LogP contribution in [0.3, 0.4) is 0 Å². The summed E-state index contributed by atoms with van der Waals surface area (Å²) in [4.78, 5) is 4.99. The Labute approximate surface area is 174 Å². The fourth-order valence-corrected chi connectivity index (χ4v) is 4.63. The predicted octanol–water partition coefficient (Wildman–Crippen LogP) is 4.38. The molecule has 1 N–H and O–H groups in total. The van der Waals surface area contributed by atoms with Crippen molar-refractivity contribution in [1.29, 1.82) is 0 Å². The Balaban J connectivity index is 1.98. The molecule has 0 fully saturated rings. The predicted molar refractivity (Wildman–Crippen MR) is 117 cm³/mol. The summed E-state index contributed by atoms with van der Waals surface area (Å²) in [6.07, 6.45) is 0.963. The minimum absolute atomic E-state index is 0.256. The minimum Gasteiger partial charge on any atom is -0.377 e. The quantitative estimate of drug-likeness (QED) is 0.563. The second kappa shape index (κ2) is 8.23. The molecule has 2 aromatic carbocycles. The van der Waals surface area contributed by atoms with Gasteiger partial charge in [-0.3, -0.25) is 0 Å². The highest BCUT2D eigenvalue weighted by atomic mass is 79.9. The summed E-state index contributed by atoms with van der Waals surface area (Å²) in [6, 6.07) is 11.3. The number of benzene rings is 2. The third kappa shape index (κ3) is 4.09. The topological polar surface area (TPSA) is 67.2 Å². The maximum absolute atomic E-state index is 12.4. The number of anilines is 1. The normalized spacial score (nSPS) is 12.1. The molecular formula is C20H25BrN4O2S.